The van der Waals surface area contributed by atoms with Crippen LogP contribution in [0.4, 0.5) is 0 Å². The Kier molecular flexibility index (Phi) is 7.57. The third-order valence-corrected chi connectivity index (χ3v) is 8.63. The van der Waals surface area contributed by atoms with Gasteiger partial charge in [0.2, 0.25) is 5.91 Å². The number of thiophene rings is 1. The van der Waals surface area contributed by atoms with Gasteiger partial charge in [0.1, 0.15) is 26.7 Å². The van der Waals surface area contributed by atoms with E-state index < -0.39 is 0 Å². The van der Waals surface area contributed by atoms with E-state index in [9.17, 15) is 9.59 Å². The predicted octanol–water partition coefficient (Wildman–Crippen LogP) is 4.69. The lowest BCUT2D eigenvalue weighted by molar-refractivity contribution is -0.122. The summed E-state index contributed by atoms with van der Waals surface area (Å²) in [4.78, 5) is 36.9. The van der Waals surface area contributed by atoms with Gasteiger partial charge in [0, 0.05) is 18.3 Å². The molecule has 0 saturated heterocycles. The lowest BCUT2D eigenvalue weighted by Gasteiger charge is -2.17. The Morgan fingerprint density at radius 1 is 1.10 bits per heavy atom. The summed E-state index contributed by atoms with van der Waals surface area (Å²) in [5.74, 6) is 1.39. The number of hydrogen-bond donors (Lipinski definition) is 3. The van der Waals surface area contributed by atoms with Crippen LogP contribution >= 0.6 is 11.3 Å². The first-order valence-electron chi connectivity index (χ1n) is 14.0. The van der Waals surface area contributed by atoms with Crippen LogP contribution in [0.3, 0.4) is 0 Å². The van der Waals surface area contributed by atoms with Crippen molar-refractivity contribution in [3.05, 3.63) is 76.7 Å². The predicted molar refractivity (Wildman–Crippen MR) is 167 cm³/mol. The second kappa shape index (κ2) is 11.5. The molecule has 1 aliphatic rings. The summed E-state index contributed by atoms with van der Waals surface area (Å²) in [5.41, 5.74) is 4.26. The number of likely N-dealkylation sites (N-methyl/N-ethyl adjacent to an activating group) is 1. The maximum absolute atomic E-state index is 13.5. The van der Waals surface area contributed by atoms with E-state index in [-0.39, 0.29) is 23.9 Å². The van der Waals surface area contributed by atoms with Gasteiger partial charge in [-0.15, -0.1) is 11.3 Å². The van der Waals surface area contributed by atoms with Crippen molar-refractivity contribution in [1.82, 2.24) is 30.1 Å². The Balaban J connectivity index is 1.27. The number of aromatic nitrogens is 3. The van der Waals surface area contributed by atoms with Crippen LogP contribution in [0.5, 0.6) is 11.5 Å². The number of benzene rings is 2. The van der Waals surface area contributed by atoms with Gasteiger partial charge in [-0.2, -0.15) is 0 Å². The van der Waals surface area contributed by atoms with Gasteiger partial charge in [-0.1, -0.05) is 24.8 Å². The standard InChI is InChI=1S/C32H34N6O3S/c1-19-16-24(41-23-8-6-5-7-9-23)12-13-25(19)38-20(2)34-29-28-26(38)14-15-33-32(28)42-30(29)31(40)36-22-11-10-21(17-22)35-27(39)18-37(3)4/h5-9,12-16,21-22,34H,2,10-11,17-18H2,1,3-4H3,(H,35,39)(H,36,40)/t21?,22-/m0/s1. The zero-order chi connectivity index (χ0) is 29.4. The molecule has 0 spiro atoms. The van der Waals surface area contributed by atoms with Gasteiger partial charge >= 0.3 is 0 Å². The lowest BCUT2D eigenvalue weighted by atomic mass is 10.1. The molecule has 5 aromatic rings. The van der Waals surface area contributed by atoms with Crippen LogP contribution in [0.2, 0.25) is 0 Å². The maximum atomic E-state index is 13.5. The SMILES string of the molecule is C=c1[nH]c2c(C(=O)N[C@H]3CCC(NC(=O)CN(C)C)C3)sc3nccc(c32)n1-c1ccc(Oc2ccccc2)cc1C. The molecule has 2 atom stereocenters. The van der Waals surface area contributed by atoms with Gasteiger partial charge in [-0.05, 0) is 82.2 Å². The van der Waals surface area contributed by atoms with E-state index in [4.69, 9.17) is 4.74 Å². The third-order valence-electron chi connectivity index (χ3n) is 7.54. The zero-order valence-electron chi connectivity index (χ0n) is 23.9. The molecule has 0 bridgehead atoms. The molecule has 1 aliphatic carbocycles. The molecule has 3 aromatic heterocycles. The van der Waals surface area contributed by atoms with Gasteiger partial charge in [0.25, 0.3) is 5.91 Å². The van der Waals surface area contributed by atoms with Crippen molar-refractivity contribution in [2.24, 2.45) is 0 Å². The molecule has 9 nitrogen and oxygen atoms in total. The Morgan fingerprint density at radius 3 is 2.60 bits per heavy atom. The summed E-state index contributed by atoms with van der Waals surface area (Å²) in [6.45, 7) is 6.72. The van der Waals surface area contributed by atoms with Crippen molar-refractivity contribution in [3.8, 4) is 17.2 Å². The van der Waals surface area contributed by atoms with Crippen molar-refractivity contribution >= 4 is 51.0 Å². The number of carbonyl (C=O) groups excluding carboxylic acids is 2. The number of ether oxygens (including phenoxy) is 1. The number of aromatic amines is 1. The minimum atomic E-state index is -0.142. The van der Waals surface area contributed by atoms with Crippen molar-refractivity contribution in [3.63, 3.8) is 0 Å². The Bertz CT molecular complexity index is 1840. The quantitative estimate of drug-likeness (QED) is 0.246. The Hall–Kier alpha value is -4.41. The highest BCUT2D eigenvalue weighted by Gasteiger charge is 2.29. The normalized spacial score (nSPS) is 16.8. The molecule has 0 radical (unpaired) electrons. The monoisotopic (exact) mass is 582 g/mol. The number of amides is 2. The van der Waals surface area contributed by atoms with Crippen LogP contribution in [-0.4, -0.2) is 64.0 Å². The second-order valence-electron chi connectivity index (χ2n) is 11.1. The highest BCUT2D eigenvalue weighted by molar-refractivity contribution is 7.21. The molecule has 0 aliphatic heterocycles. The fourth-order valence-corrected chi connectivity index (χ4v) is 6.74. The summed E-state index contributed by atoms with van der Waals surface area (Å²) in [6.07, 6.45) is 4.14. The van der Waals surface area contributed by atoms with Gasteiger partial charge in [-0.25, -0.2) is 4.98 Å². The third kappa shape index (κ3) is 5.55. The molecule has 3 N–H and O–H groups in total. The zero-order valence-corrected chi connectivity index (χ0v) is 24.8. The lowest BCUT2D eigenvalue weighted by Crippen LogP contribution is -2.40. The van der Waals surface area contributed by atoms with E-state index in [1.807, 2.05) is 80.5 Å². The average molecular weight is 583 g/mol. The molecule has 3 heterocycles. The van der Waals surface area contributed by atoms with Gasteiger partial charge < -0.3 is 25.3 Å². The number of nitrogens with zero attached hydrogens (tertiary/aromatic N) is 3. The van der Waals surface area contributed by atoms with Crippen molar-refractivity contribution < 1.29 is 14.3 Å². The number of nitrogens with one attached hydrogen (secondary N) is 3. The fraction of sp³-hybridized carbons (Fsp3) is 0.281. The van der Waals surface area contributed by atoms with E-state index in [1.54, 1.807) is 6.20 Å². The van der Waals surface area contributed by atoms with Crippen LogP contribution < -0.4 is 20.9 Å². The summed E-state index contributed by atoms with van der Waals surface area (Å²) >= 11 is 1.37. The van der Waals surface area contributed by atoms with E-state index in [2.05, 4.69) is 31.7 Å². The van der Waals surface area contributed by atoms with E-state index in [1.165, 1.54) is 11.3 Å². The number of pyridine rings is 1. The number of para-hydroxylation sites is 1. The topological polar surface area (TPSA) is 104 Å². The van der Waals surface area contributed by atoms with Crippen LogP contribution in [0.1, 0.15) is 34.5 Å². The molecule has 2 aromatic carbocycles. The van der Waals surface area contributed by atoms with Crippen molar-refractivity contribution in [1.29, 1.82) is 0 Å². The molecule has 1 fully saturated rings. The number of rotatable bonds is 8. The number of carbonyl (C=O) groups is 2. The molecule has 42 heavy (non-hydrogen) atoms. The molecule has 2 amide bonds. The fourth-order valence-electron chi connectivity index (χ4n) is 5.71. The molecule has 1 saturated carbocycles. The summed E-state index contributed by atoms with van der Waals surface area (Å²) < 4.78 is 8.10. The van der Waals surface area contributed by atoms with Crippen LogP contribution in [0.25, 0.3) is 33.5 Å². The first-order chi connectivity index (χ1) is 20.3. The highest BCUT2D eigenvalue weighted by atomic mass is 32.1. The van der Waals surface area contributed by atoms with Crippen LogP contribution in [0.15, 0.2) is 60.8 Å². The van der Waals surface area contributed by atoms with E-state index in [0.717, 1.165) is 56.8 Å². The second-order valence-corrected chi connectivity index (χ2v) is 12.1. The number of aryl methyl sites for hydroxylation is 1. The molecular weight excluding hydrogens is 548 g/mol. The first-order valence-corrected chi connectivity index (χ1v) is 14.8. The summed E-state index contributed by atoms with van der Waals surface area (Å²) in [6, 6.07) is 17.7. The van der Waals surface area contributed by atoms with Gasteiger partial charge in [0.15, 0.2) is 0 Å². The number of H-pyrrole nitrogens is 1. The molecule has 10 heteroatoms. The number of hydrogen-bond acceptors (Lipinski definition) is 6. The molecule has 6 rings (SSSR count). The van der Waals surface area contributed by atoms with Crippen LogP contribution in [0, 0.1) is 6.92 Å². The average Bonchev–Trinajstić information content (AvgIpc) is 3.54. The summed E-state index contributed by atoms with van der Waals surface area (Å²) in [7, 11) is 3.74. The minimum absolute atomic E-state index is 0.00498. The first kappa shape index (κ1) is 27.7. The molecule has 1 unspecified atom stereocenters. The minimum Gasteiger partial charge on any atom is -0.457 e. The van der Waals surface area contributed by atoms with E-state index >= 15 is 0 Å². The Morgan fingerprint density at radius 2 is 1.86 bits per heavy atom. The molecular formula is C32H34N6O3S. The van der Waals surface area contributed by atoms with Gasteiger partial charge in [-0.3, -0.25) is 14.2 Å². The Labute approximate surface area is 247 Å². The van der Waals surface area contributed by atoms with Crippen molar-refractivity contribution in [2.75, 3.05) is 20.6 Å². The van der Waals surface area contributed by atoms with E-state index in [0.29, 0.717) is 23.3 Å². The maximum Gasteiger partial charge on any atom is 0.263 e. The van der Waals surface area contributed by atoms with Gasteiger partial charge in [0.05, 0.1) is 28.7 Å². The summed E-state index contributed by atoms with van der Waals surface area (Å²) in [5, 5.41) is 7.17. The van der Waals surface area contributed by atoms with Crippen molar-refractivity contribution in [2.45, 2.75) is 38.3 Å². The smallest absolute Gasteiger partial charge is 0.263 e. The molecule has 216 valence electrons. The largest absolute Gasteiger partial charge is 0.457 e. The van der Waals surface area contributed by atoms with Crippen LogP contribution in [-0.2, 0) is 4.79 Å². The highest BCUT2D eigenvalue weighted by Crippen LogP contribution is 2.35.